The Kier molecular flexibility index (Phi) is 5.75. The molecule has 1 rings (SSSR count). The number of hydrogen-bond acceptors (Lipinski definition) is 4. The van der Waals surface area contributed by atoms with E-state index in [-0.39, 0.29) is 16.8 Å². The maximum absolute atomic E-state index is 12.1. The number of thiophene rings is 1. The molecule has 21 heavy (non-hydrogen) atoms. The van der Waals surface area contributed by atoms with Gasteiger partial charge >= 0.3 is 5.97 Å². The summed E-state index contributed by atoms with van der Waals surface area (Å²) in [5, 5.41) is 0. The van der Waals surface area contributed by atoms with Crippen LogP contribution in [0.3, 0.4) is 0 Å². The van der Waals surface area contributed by atoms with Crippen LogP contribution < -0.4 is 4.72 Å². The zero-order chi connectivity index (χ0) is 16.4. The molecule has 1 N–H and O–H groups in total. The van der Waals surface area contributed by atoms with Gasteiger partial charge in [-0.1, -0.05) is 0 Å². The van der Waals surface area contributed by atoms with Gasteiger partial charge in [0.25, 0.3) is 0 Å². The monoisotopic (exact) mass is 331 g/mol. The van der Waals surface area contributed by atoms with Crippen molar-refractivity contribution >= 4 is 28.3 Å². The highest BCUT2D eigenvalue weighted by Crippen LogP contribution is 2.26. The number of esters is 1. The second-order valence-electron chi connectivity index (χ2n) is 6.92. The van der Waals surface area contributed by atoms with Gasteiger partial charge in [0.2, 0.25) is 0 Å². The van der Waals surface area contributed by atoms with E-state index in [1.807, 2.05) is 54.5 Å². The number of carbonyl (C=O) groups is 1. The highest BCUT2D eigenvalue weighted by Gasteiger charge is 2.24. The van der Waals surface area contributed by atoms with E-state index in [2.05, 4.69) is 4.72 Å². The molecule has 6 heteroatoms. The third kappa shape index (κ3) is 5.88. The highest BCUT2D eigenvalue weighted by molar-refractivity contribution is 7.84. The Morgan fingerprint density at radius 1 is 1.24 bits per heavy atom. The molecule has 120 valence electrons. The van der Waals surface area contributed by atoms with Crippen LogP contribution in [0.5, 0.6) is 0 Å². The Balaban J connectivity index is 2.75. The van der Waals surface area contributed by atoms with E-state index < -0.39 is 16.6 Å². The minimum absolute atomic E-state index is 0.0776. The standard InChI is InChI=1S/C15H25NO3S2/c1-10(16-21(18)15(5,6)7)11-8-9-12(20-11)13(17)19-14(2,3)4/h8-10,16H,1-7H3/t10-,21-/m0/s1. The van der Waals surface area contributed by atoms with Crippen molar-refractivity contribution in [2.75, 3.05) is 0 Å². The Bertz CT molecular complexity index is 524. The molecule has 0 aromatic carbocycles. The van der Waals surface area contributed by atoms with Gasteiger partial charge in [0.05, 0.1) is 21.8 Å². The molecule has 1 aromatic rings. The molecule has 2 atom stereocenters. The topological polar surface area (TPSA) is 55.4 Å². The third-order valence-corrected chi connectivity index (χ3v) is 5.42. The second kappa shape index (κ2) is 6.58. The van der Waals surface area contributed by atoms with Crippen LogP contribution in [0.2, 0.25) is 0 Å². The van der Waals surface area contributed by atoms with E-state index in [0.29, 0.717) is 4.88 Å². The zero-order valence-corrected chi connectivity index (χ0v) is 15.4. The van der Waals surface area contributed by atoms with Gasteiger partial charge in [0, 0.05) is 4.88 Å². The molecule has 0 aliphatic heterocycles. The van der Waals surface area contributed by atoms with Crippen molar-refractivity contribution in [2.24, 2.45) is 0 Å². The van der Waals surface area contributed by atoms with E-state index in [4.69, 9.17) is 4.74 Å². The molecule has 0 aliphatic rings. The second-order valence-corrected chi connectivity index (χ2v) is 10.0. The van der Waals surface area contributed by atoms with Crippen molar-refractivity contribution in [1.29, 1.82) is 0 Å². The first-order valence-electron chi connectivity index (χ1n) is 6.91. The summed E-state index contributed by atoms with van der Waals surface area (Å²) in [5.74, 6) is -0.317. The first-order valence-corrected chi connectivity index (χ1v) is 8.88. The van der Waals surface area contributed by atoms with Gasteiger partial charge in [-0.15, -0.1) is 11.3 Å². The van der Waals surface area contributed by atoms with Crippen molar-refractivity contribution < 1.29 is 13.7 Å². The van der Waals surface area contributed by atoms with Crippen molar-refractivity contribution in [3.63, 3.8) is 0 Å². The normalized spacial score (nSPS) is 15.6. The van der Waals surface area contributed by atoms with Crippen LogP contribution in [-0.2, 0) is 15.7 Å². The average Bonchev–Trinajstić information content (AvgIpc) is 2.74. The smallest absolute Gasteiger partial charge is 0.348 e. The fourth-order valence-electron chi connectivity index (χ4n) is 1.42. The number of hydrogen-bond donors (Lipinski definition) is 1. The van der Waals surface area contributed by atoms with Gasteiger partial charge in [0.1, 0.15) is 10.5 Å². The Hall–Kier alpha value is -0.720. The third-order valence-electron chi connectivity index (χ3n) is 2.49. The van der Waals surface area contributed by atoms with Crippen LogP contribution in [0, 0.1) is 0 Å². The maximum Gasteiger partial charge on any atom is 0.348 e. The summed E-state index contributed by atoms with van der Waals surface area (Å²) in [6, 6.07) is 3.56. The quantitative estimate of drug-likeness (QED) is 0.853. The van der Waals surface area contributed by atoms with Crippen molar-refractivity contribution in [1.82, 2.24) is 4.72 Å². The molecular weight excluding hydrogens is 306 g/mol. The van der Waals surface area contributed by atoms with Crippen molar-refractivity contribution in [3.05, 3.63) is 21.9 Å². The Labute approximate surface area is 133 Å². The molecule has 0 radical (unpaired) electrons. The largest absolute Gasteiger partial charge is 0.456 e. The Morgan fingerprint density at radius 2 is 1.81 bits per heavy atom. The summed E-state index contributed by atoms with van der Waals surface area (Å²) in [6.07, 6.45) is 0. The SMILES string of the molecule is C[C@H](N[S@@](=O)C(C)(C)C)c1ccc(C(=O)OC(C)(C)C)s1. The lowest BCUT2D eigenvalue weighted by Crippen LogP contribution is -2.34. The van der Waals surface area contributed by atoms with Gasteiger partial charge in [0.15, 0.2) is 0 Å². The molecular formula is C15H25NO3S2. The maximum atomic E-state index is 12.1. The lowest BCUT2D eigenvalue weighted by molar-refractivity contribution is 0.00752. The first kappa shape index (κ1) is 18.3. The lowest BCUT2D eigenvalue weighted by atomic mass is 10.2. The molecule has 1 aromatic heterocycles. The highest BCUT2D eigenvalue weighted by atomic mass is 32.2. The van der Waals surface area contributed by atoms with Gasteiger partial charge in [-0.3, -0.25) is 0 Å². The summed E-state index contributed by atoms with van der Waals surface area (Å²) in [5.41, 5.74) is -0.501. The molecule has 0 aliphatic carbocycles. The number of carbonyl (C=O) groups excluding carboxylic acids is 1. The van der Waals surface area contributed by atoms with E-state index >= 15 is 0 Å². The van der Waals surface area contributed by atoms with E-state index in [9.17, 15) is 9.00 Å². The van der Waals surface area contributed by atoms with Crippen molar-refractivity contribution in [2.45, 2.75) is 64.9 Å². The molecule has 0 bridgehead atoms. The summed E-state index contributed by atoms with van der Waals surface area (Å²) < 4.78 is 20.2. The summed E-state index contributed by atoms with van der Waals surface area (Å²) in [6.45, 7) is 13.2. The van der Waals surface area contributed by atoms with Crippen LogP contribution >= 0.6 is 11.3 Å². The molecule has 0 saturated carbocycles. The van der Waals surface area contributed by atoms with Crippen LogP contribution in [-0.4, -0.2) is 20.5 Å². The fourth-order valence-corrected chi connectivity index (χ4v) is 3.18. The van der Waals surface area contributed by atoms with Crippen LogP contribution in [0.4, 0.5) is 0 Å². The molecule has 4 nitrogen and oxygen atoms in total. The summed E-state index contributed by atoms with van der Waals surface area (Å²) in [7, 11) is -1.14. The van der Waals surface area contributed by atoms with Gasteiger partial charge < -0.3 is 4.74 Å². The minimum Gasteiger partial charge on any atom is -0.456 e. The van der Waals surface area contributed by atoms with Crippen molar-refractivity contribution in [3.8, 4) is 0 Å². The van der Waals surface area contributed by atoms with Crippen LogP contribution in [0.15, 0.2) is 12.1 Å². The van der Waals surface area contributed by atoms with Gasteiger partial charge in [-0.25, -0.2) is 13.7 Å². The number of nitrogens with one attached hydrogen (secondary N) is 1. The summed E-state index contributed by atoms with van der Waals surface area (Å²) in [4.78, 5) is 13.5. The lowest BCUT2D eigenvalue weighted by Gasteiger charge is -2.21. The predicted molar refractivity (Wildman–Crippen MR) is 88.9 cm³/mol. The van der Waals surface area contributed by atoms with Gasteiger partial charge in [-0.05, 0) is 60.6 Å². The zero-order valence-electron chi connectivity index (χ0n) is 13.8. The van der Waals surface area contributed by atoms with E-state index in [1.54, 1.807) is 6.07 Å². The Morgan fingerprint density at radius 3 is 2.29 bits per heavy atom. The van der Waals surface area contributed by atoms with E-state index in [1.165, 1.54) is 11.3 Å². The number of ether oxygens (including phenoxy) is 1. The molecule has 0 unspecified atom stereocenters. The molecule has 0 fully saturated rings. The van der Waals surface area contributed by atoms with E-state index in [0.717, 1.165) is 4.88 Å². The van der Waals surface area contributed by atoms with Crippen LogP contribution in [0.1, 0.15) is 69.1 Å². The molecule has 0 spiro atoms. The average molecular weight is 332 g/mol. The number of rotatable bonds is 4. The predicted octanol–water partition coefficient (Wildman–Crippen LogP) is 3.82. The van der Waals surface area contributed by atoms with Gasteiger partial charge in [-0.2, -0.15) is 0 Å². The van der Waals surface area contributed by atoms with Crippen LogP contribution in [0.25, 0.3) is 0 Å². The summed E-state index contributed by atoms with van der Waals surface area (Å²) >= 11 is 1.37. The fraction of sp³-hybridized carbons (Fsp3) is 0.667. The molecule has 0 amide bonds. The minimum atomic E-state index is -1.14. The first-order chi connectivity index (χ1) is 9.40. The molecule has 1 heterocycles. The molecule has 0 saturated heterocycles.